The van der Waals surface area contributed by atoms with E-state index in [0.717, 1.165) is 0 Å². The van der Waals surface area contributed by atoms with Crippen molar-refractivity contribution in [2.75, 3.05) is 13.1 Å². The third-order valence-electron chi connectivity index (χ3n) is 3.18. The molecule has 19 heavy (non-hydrogen) atoms. The fraction of sp³-hybridized carbons (Fsp3) is 0.455. The number of sulfonamides is 1. The Morgan fingerprint density at radius 2 is 1.74 bits per heavy atom. The first-order valence-electron chi connectivity index (χ1n) is 5.91. The van der Waals surface area contributed by atoms with Crippen LogP contribution in [0.2, 0.25) is 0 Å². The molecule has 2 N–H and O–H groups in total. The van der Waals surface area contributed by atoms with Gasteiger partial charge in [-0.2, -0.15) is 4.31 Å². The first-order valence-corrected chi connectivity index (χ1v) is 7.35. The summed E-state index contributed by atoms with van der Waals surface area (Å²) in [6, 6.07) is 4.97. The minimum atomic E-state index is -3.57. The zero-order valence-corrected chi connectivity index (χ0v) is 11.0. The van der Waals surface area contributed by atoms with Gasteiger partial charge in [-0.15, -0.1) is 0 Å². The Bertz CT molecular complexity index is 562. The van der Waals surface area contributed by atoms with Gasteiger partial charge in [0, 0.05) is 31.3 Å². The topological polar surface area (TPSA) is 107 Å². The quantitative estimate of drug-likeness (QED) is 0.650. The molecule has 1 aliphatic rings. The highest BCUT2D eigenvalue weighted by atomic mass is 32.2. The van der Waals surface area contributed by atoms with Crippen molar-refractivity contribution < 1.29 is 13.3 Å². The molecule has 0 bridgehead atoms. The van der Waals surface area contributed by atoms with E-state index in [-0.39, 0.29) is 16.6 Å². The first kappa shape index (κ1) is 13.9. The molecule has 104 valence electrons. The van der Waals surface area contributed by atoms with E-state index in [1.807, 2.05) is 0 Å². The fourth-order valence-corrected chi connectivity index (χ4v) is 3.47. The number of nitro groups is 1. The predicted octanol–water partition coefficient (Wildman–Crippen LogP) is 0.707. The molecule has 8 heteroatoms. The SMILES string of the molecule is NC1CCN(S(=O)(=O)c2ccc([N+](=O)[O-])cc2)CC1. The molecule has 1 aliphatic heterocycles. The lowest BCUT2D eigenvalue weighted by Crippen LogP contribution is -2.42. The number of nitro benzene ring substituents is 1. The lowest BCUT2D eigenvalue weighted by Gasteiger charge is -2.29. The van der Waals surface area contributed by atoms with Crippen molar-refractivity contribution in [3.05, 3.63) is 34.4 Å². The normalized spacial score (nSPS) is 18.4. The van der Waals surface area contributed by atoms with E-state index in [1.165, 1.54) is 28.6 Å². The van der Waals surface area contributed by atoms with E-state index in [0.29, 0.717) is 25.9 Å². The molecular weight excluding hydrogens is 270 g/mol. The number of hydrogen-bond acceptors (Lipinski definition) is 5. The molecule has 1 aromatic carbocycles. The van der Waals surface area contributed by atoms with E-state index in [9.17, 15) is 18.5 Å². The number of hydrogen-bond donors (Lipinski definition) is 1. The molecule has 0 aliphatic carbocycles. The van der Waals surface area contributed by atoms with Crippen molar-refractivity contribution in [2.24, 2.45) is 5.73 Å². The molecule has 1 aromatic rings. The van der Waals surface area contributed by atoms with E-state index >= 15 is 0 Å². The second-order valence-electron chi connectivity index (χ2n) is 4.49. The monoisotopic (exact) mass is 285 g/mol. The van der Waals surface area contributed by atoms with Crippen LogP contribution in [0.5, 0.6) is 0 Å². The average Bonchev–Trinajstić information content (AvgIpc) is 2.39. The van der Waals surface area contributed by atoms with Gasteiger partial charge in [0.15, 0.2) is 0 Å². The molecule has 2 rings (SSSR count). The van der Waals surface area contributed by atoms with E-state index < -0.39 is 14.9 Å². The minimum Gasteiger partial charge on any atom is -0.328 e. The Morgan fingerprint density at radius 3 is 2.21 bits per heavy atom. The number of benzene rings is 1. The van der Waals surface area contributed by atoms with Gasteiger partial charge < -0.3 is 5.73 Å². The number of non-ortho nitro benzene ring substituents is 1. The van der Waals surface area contributed by atoms with Crippen LogP contribution in [0.4, 0.5) is 5.69 Å². The molecule has 1 heterocycles. The number of nitrogens with two attached hydrogens (primary N) is 1. The molecule has 0 unspecified atom stereocenters. The molecule has 0 radical (unpaired) electrons. The van der Waals surface area contributed by atoms with Crippen molar-refractivity contribution in [2.45, 2.75) is 23.8 Å². The Balaban J connectivity index is 2.22. The van der Waals surface area contributed by atoms with Gasteiger partial charge in [-0.05, 0) is 25.0 Å². The Labute approximate surface area is 111 Å². The predicted molar refractivity (Wildman–Crippen MR) is 69.1 cm³/mol. The van der Waals surface area contributed by atoms with Crippen LogP contribution in [0.1, 0.15) is 12.8 Å². The lowest BCUT2D eigenvalue weighted by molar-refractivity contribution is -0.384. The van der Waals surface area contributed by atoms with Crippen LogP contribution in [0.25, 0.3) is 0 Å². The summed E-state index contributed by atoms with van der Waals surface area (Å²) in [4.78, 5) is 10.0. The van der Waals surface area contributed by atoms with Gasteiger partial charge in [0.25, 0.3) is 5.69 Å². The first-order chi connectivity index (χ1) is 8.91. The third-order valence-corrected chi connectivity index (χ3v) is 5.10. The number of rotatable bonds is 3. The number of piperidine rings is 1. The maximum Gasteiger partial charge on any atom is 0.269 e. The van der Waals surface area contributed by atoms with Crippen LogP contribution in [-0.2, 0) is 10.0 Å². The summed E-state index contributed by atoms with van der Waals surface area (Å²) < 4.78 is 26.0. The zero-order valence-electron chi connectivity index (χ0n) is 10.2. The fourth-order valence-electron chi connectivity index (χ4n) is 2.01. The summed E-state index contributed by atoms with van der Waals surface area (Å²) >= 11 is 0. The third kappa shape index (κ3) is 2.91. The van der Waals surface area contributed by atoms with Gasteiger partial charge in [0.1, 0.15) is 0 Å². The second-order valence-corrected chi connectivity index (χ2v) is 6.43. The standard InChI is InChI=1S/C11H15N3O4S/c12-9-5-7-13(8-6-9)19(17,18)11-3-1-10(2-4-11)14(15)16/h1-4,9H,5-8,12H2. The van der Waals surface area contributed by atoms with E-state index in [2.05, 4.69) is 0 Å². The maximum absolute atomic E-state index is 12.3. The van der Waals surface area contributed by atoms with Gasteiger partial charge in [0.2, 0.25) is 10.0 Å². The Morgan fingerprint density at radius 1 is 1.21 bits per heavy atom. The molecule has 1 fully saturated rings. The van der Waals surface area contributed by atoms with Crippen LogP contribution < -0.4 is 5.73 Å². The van der Waals surface area contributed by atoms with Crippen LogP contribution >= 0.6 is 0 Å². The summed E-state index contributed by atoms with van der Waals surface area (Å²) in [5.41, 5.74) is 5.61. The molecule has 7 nitrogen and oxygen atoms in total. The molecule has 0 saturated carbocycles. The summed E-state index contributed by atoms with van der Waals surface area (Å²) in [6.07, 6.45) is 1.26. The highest BCUT2D eigenvalue weighted by Crippen LogP contribution is 2.22. The van der Waals surface area contributed by atoms with Gasteiger partial charge in [-0.3, -0.25) is 10.1 Å². The van der Waals surface area contributed by atoms with E-state index in [4.69, 9.17) is 5.73 Å². The van der Waals surface area contributed by atoms with E-state index in [1.54, 1.807) is 0 Å². The highest BCUT2D eigenvalue weighted by molar-refractivity contribution is 7.89. The van der Waals surface area contributed by atoms with Gasteiger partial charge in [0.05, 0.1) is 9.82 Å². The Hall–Kier alpha value is -1.51. The maximum atomic E-state index is 12.3. The lowest BCUT2D eigenvalue weighted by atomic mass is 10.1. The highest BCUT2D eigenvalue weighted by Gasteiger charge is 2.28. The molecular formula is C11H15N3O4S. The van der Waals surface area contributed by atoms with Crippen molar-refractivity contribution in [1.29, 1.82) is 0 Å². The molecule has 0 aromatic heterocycles. The smallest absolute Gasteiger partial charge is 0.269 e. The summed E-state index contributed by atoms with van der Waals surface area (Å²) in [5, 5.41) is 10.5. The molecule has 0 spiro atoms. The second kappa shape index (κ2) is 5.24. The summed E-state index contributed by atoms with van der Waals surface area (Å²) in [5.74, 6) is 0. The van der Waals surface area contributed by atoms with Gasteiger partial charge >= 0.3 is 0 Å². The Kier molecular flexibility index (Phi) is 3.83. The zero-order chi connectivity index (χ0) is 14.0. The van der Waals surface area contributed by atoms with Crippen molar-refractivity contribution >= 4 is 15.7 Å². The van der Waals surface area contributed by atoms with Gasteiger partial charge in [-0.25, -0.2) is 8.42 Å². The number of nitrogens with zero attached hydrogens (tertiary/aromatic N) is 2. The summed E-state index contributed by atoms with van der Waals surface area (Å²) in [7, 11) is -3.57. The molecule has 0 amide bonds. The van der Waals surface area contributed by atoms with Crippen LogP contribution in [-0.4, -0.2) is 36.8 Å². The summed E-state index contributed by atoms with van der Waals surface area (Å²) in [6.45, 7) is 0.779. The van der Waals surface area contributed by atoms with Crippen LogP contribution in [0, 0.1) is 10.1 Å². The van der Waals surface area contributed by atoms with Crippen molar-refractivity contribution in [1.82, 2.24) is 4.31 Å². The average molecular weight is 285 g/mol. The van der Waals surface area contributed by atoms with Crippen molar-refractivity contribution in [3.63, 3.8) is 0 Å². The minimum absolute atomic E-state index is 0.0447. The van der Waals surface area contributed by atoms with Crippen LogP contribution in [0.3, 0.4) is 0 Å². The largest absolute Gasteiger partial charge is 0.328 e. The van der Waals surface area contributed by atoms with Gasteiger partial charge in [-0.1, -0.05) is 0 Å². The molecule has 1 saturated heterocycles. The van der Waals surface area contributed by atoms with Crippen molar-refractivity contribution in [3.8, 4) is 0 Å². The molecule has 0 atom stereocenters. The van der Waals surface area contributed by atoms with Crippen LogP contribution in [0.15, 0.2) is 29.2 Å².